The zero-order valence-corrected chi connectivity index (χ0v) is 13.1. The fourth-order valence-electron chi connectivity index (χ4n) is 0.914. The van der Waals surface area contributed by atoms with Gasteiger partial charge in [-0.1, -0.05) is 6.08 Å². The van der Waals surface area contributed by atoms with Gasteiger partial charge in [-0.3, -0.25) is 13.7 Å². The molecule has 124 valence electrons. The zero-order chi connectivity index (χ0) is 16.9. The Balaban J connectivity index is 0. The van der Waals surface area contributed by atoms with Crippen molar-refractivity contribution in [2.75, 3.05) is 0 Å². The van der Waals surface area contributed by atoms with Gasteiger partial charge in [0, 0.05) is 12.4 Å². The number of hydrogen-bond acceptors (Lipinski definition) is 5. The molecule has 1 atom stereocenters. The predicted molar refractivity (Wildman–Crippen MR) is 77.8 cm³/mol. The molecule has 4 N–H and O–H groups in total. The molecule has 0 fully saturated rings. The normalized spacial score (nSPS) is 12.2. The van der Waals surface area contributed by atoms with Crippen molar-refractivity contribution in [2.45, 2.75) is 31.4 Å². The number of aromatic amines is 1. The highest BCUT2D eigenvalue weighted by Gasteiger charge is 2.15. The van der Waals surface area contributed by atoms with Gasteiger partial charge in [0.1, 0.15) is 0 Å². The summed E-state index contributed by atoms with van der Waals surface area (Å²) in [5.41, 5.74) is 0. The average Bonchev–Trinajstić information content (AvgIpc) is 2.84. The van der Waals surface area contributed by atoms with Crippen molar-refractivity contribution in [1.29, 1.82) is 0 Å². The highest BCUT2D eigenvalue weighted by atomic mass is 32.3. The minimum Gasteiger partial charge on any atom is -0.351 e. The van der Waals surface area contributed by atoms with Gasteiger partial charge in [-0.05, 0) is 26.2 Å². The number of unbranched alkanes of at least 4 members (excludes halogenated alkanes) is 1. The third kappa shape index (κ3) is 24.2. The SMILES string of the molecule is C=CCCCC(C)S(=O)(=O)O.O=S(=O)(O)O.c1c[nH]cn1. The van der Waals surface area contributed by atoms with Crippen LogP contribution in [0.2, 0.25) is 0 Å². The van der Waals surface area contributed by atoms with Crippen molar-refractivity contribution in [3.63, 3.8) is 0 Å². The van der Waals surface area contributed by atoms with Crippen LogP contribution in [0.3, 0.4) is 0 Å². The van der Waals surface area contributed by atoms with Gasteiger partial charge in [0.25, 0.3) is 10.1 Å². The van der Waals surface area contributed by atoms with Crippen LogP contribution in [0.25, 0.3) is 0 Å². The van der Waals surface area contributed by atoms with Crippen LogP contribution in [-0.4, -0.2) is 45.7 Å². The van der Waals surface area contributed by atoms with E-state index in [1.165, 1.54) is 6.92 Å². The highest BCUT2D eigenvalue weighted by molar-refractivity contribution is 7.86. The molecule has 1 rings (SSSR count). The standard InChI is InChI=1S/C7H14O3S.C3H4N2.H2O4S/c1-3-4-5-6-7(2)11(8,9)10;1-2-5-3-4-1;1-5(2,3)4/h3,7H,1,4-6H2,2H3,(H,8,9,10);1-3H,(H,4,5);(H2,1,2,3,4). The Labute approximate surface area is 124 Å². The van der Waals surface area contributed by atoms with Gasteiger partial charge in [-0.15, -0.1) is 6.58 Å². The zero-order valence-electron chi connectivity index (χ0n) is 11.5. The van der Waals surface area contributed by atoms with Gasteiger partial charge < -0.3 is 4.98 Å². The lowest BCUT2D eigenvalue weighted by molar-refractivity contribution is 0.381. The van der Waals surface area contributed by atoms with Crippen molar-refractivity contribution < 1.29 is 30.5 Å². The topological polar surface area (TPSA) is 158 Å². The second-order valence-electron chi connectivity index (χ2n) is 3.75. The fraction of sp³-hybridized carbons (Fsp3) is 0.500. The molecular weight excluding hydrogens is 324 g/mol. The van der Waals surface area contributed by atoms with Gasteiger partial charge in [0.2, 0.25) is 0 Å². The van der Waals surface area contributed by atoms with E-state index in [0.29, 0.717) is 6.42 Å². The van der Waals surface area contributed by atoms with E-state index in [1.807, 2.05) is 0 Å². The molecule has 0 aliphatic rings. The van der Waals surface area contributed by atoms with Crippen LogP contribution in [0.5, 0.6) is 0 Å². The van der Waals surface area contributed by atoms with Crippen LogP contribution >= 0.6 is 0 Å². The van der Waals surface area contributed by atoms with Crippen molar-refractivity contribution in [2.24, 2.45) is 0 Å². The number of H-pyrrole nitrogens is 1. The van der Waals surface area contributed by atoms with Gasteiger partial charge in [-0.2, -0.15) is 16.8 Å². The van der Waals surface area contributed by atoms with E-state index in [2.05, 4.69) is 16.5 Å². The van der Waals surface area contributed by atoms with Gasteiger partial charge in [0.05, 0.1) is 11.6 Å². The predicted octanol–water partition coefficient (Wildman–Crippen LogP) is 1.38. The number of imidazole rings is 1. The number of allylic oxidation sites excluding steroid dienone is 1. The summed E-state index contributed by atoms with van der Waals surface area (Å²) in [5.74, 6) is 0. The fourth-order valence-corrected chi connectivity index (χ4v) is 1.38. The molecule has 0 saturated heterocycles. The summed E-state index contributed by atoms with van der Waals surface area (Å²) < 4.78 is 61.0. The molecule has 9 nitrogen and oxygen atoms in total. The molecule has 1 unspecified atom stereocenters. The largest absolute Gasteiger partial charge is 0.394 e. The summed E-state index contributed by atoms with van der Waals surface area (Å²) in [6.07, 6.45) is 8.85. The lowest BCUT2D eigenvalue weighted by atomic mass is 10.2. The average molecular weight is 344 g/mol. The van der Waals surface area contributed by atoms with Gasteiger partial charge >= 0.3 is 10.4 Å². The third-order valence-electron chi connectivity index (χ3n) is 1.93. The van der Waals surface area contributed by atoms with Crippen LogP contribution in [0, 0.1) is 0 Å². The van der Waals surface area contributed by atoms with E-state index in [4.69, 9.17) is 22.1 Å². The van der Waals surface area contributed by atoms with Crippen LogP contribution in [-0.2, 0) is 20.5 Å². The van der Waals surface area contributed by atoms with Crippen molar-refractivity contribution in [3.8, 4) is 0 Å². The smallest absolute Gasteiger partial charge is 0.351 e. The molecule has 21 heavy (non-hydrogen) atoms. The summed E-state index contributed by atoms with van der Waals surface area (Å²) in [5, 5.41) is -0.651. The Bertz CT molecular complexity index is 527. The maximum absolute atomic E-state index is 10.5. The molecule has 1 aromatic heterocycles. The Morgan fingerprint density at radius 3 is 2.05 bits per heavy atom. The Hall–Kier alpha value is -1.27. The molecule has 0 saturated carbocycles. The molecule has 0 spiro atoms. The molecule has 0 aliphatic carbocycles. The first-order chi connectivity index (χ1) is 9.48. The molecule has 1 heterocycles. The van der Waals surface area contributed by atoms with E-state index in [1.54, 1.807) is 24.8 Å². The summed E-state index contributed by atoms with van der Waals surface area (Å²) >= 11 is 0. The monoisotopic (exact) mass is 344 g/mol. The maximum atomic E-state index is 10.5. The van der Waals surface area contributed by atoms with Gasteiger partial charge in [-0.25, -0.2) is 4.98 Å². The second-order valence-corrected chi connectivity index (χ2v) is 6.48. The Morgan fingerprint density at radius 2 is 1.81 bits per heavy atom. The Kier molecular flexibility index (Phi) is 11.9. The quantitative estimate of drug-likeness (QED) is 0.354. The second kappa shape index (κ2) is 11.4. The minimum absolute atomic E-state index is 0.491. The summed E-state index contributed by atoms with van der Waals surface area (Å²) in [4.78, 5) is 6.42. The minimum atomic E-state index is -4.67. The van der Waals surface area contributed by atoms with Crippen LogP contribution in [0.1, 0.15) is 26.2 Å². The first kappa shape index (κ1) is 22.0. The first-order valence-corrected chi connectivity index (χ1v) is 8.58. The molecule has 0 bridgehead atoms. The van der Waals surface area contributed by atoms with Crippen LogP contribution in [0.15, 0.2) is 31.4 Å². The molecule has 1 aromatic rings. The van der Waals surface area contributed by atoms with Crippen molar-refractivity contribution in [3.05, 3.63) is 31.4 Å². The summed E-state index contributed by atoms with van der Waals surface area (Å²) in [6.45, 7) is 5.01. The van der Waals surface area contributed by atoms with E-state index < -0.39 is 25.8 Å². The molecule has 11 heteroatoms. The number of aromatic nitrogens is 2. The van der Waals surface area contributed by atoms with E-state index in [9.17, 15) is 8.42 Å². The number of rotatable bonds is 5. The molecular formula is C10H20N2O7S2. The third-order valence-corrected chi connectivity index (χ3v) is 3.19. The Morgan fingerprint density at radius 1 is 1.29 bits per heavy atom. The van der Waals surface area contributed by atoms with Gasteiger partial charge in [0.15, 0.2) is 0 Å². The summed E-state index contributed by atoms with van der Waals surface area (Å²) in [7, 11) is -8.48. The molecule has 0 amide bonds. The maximum Gasteiger partial charge on any atom is 0.394 e. The first-order valence-electron chi connectivity index (χ1n) is 5.68. The number of nitrogens with one attached hydrogen (secondary N) is 1. The van der Waals surface area contributed by atoms with E-state index in [-0.39, 0.29) is 0 Å². The van der Waals surface area contributed by atoms with E-state index in [0.717, 1.165) is 12.8 Å². The van der Waals surface area contributed by atoms with E-state index >= 15 is 0 Å². The highest BCUT2D eigenvalue weighted by Crippen LogP contribution is 2.07. The van der Waals surface area contributed by atoms with Crippen molar-refractivity contribution >= 4 is 20.5 Å². The lowest BCUT2D eigenvalue weighted by Gasteiger charge is -2.05. The number of nitrogens with zero attached hydrogens (tertiary/aromatic N) is 1. The molecule has 0 radical (unpaired) electrons. The molecule has 0 aliphatic heterocycles. The van der Waals surface area contributed by atoms with Crippen LogP contribution in [0.4, 0.5) is 0 Å². The van der Waals surface area contributed by atoms with Crippen molar-refractivity contribution in [1.82, 2.24) is 9.97 Å². The van der Waals surface area contributed by atoms with Crippen LogP contribution < -0.4 is 0 Å². The lowest BCUT2D eigenvalue weighted by Crippen LogP contribution is -2.15. The summed E-state index contributed by atoms with van der Waals surface area (Å²) in [6, 6.07) is 0. The number of hydrogen-bond donors (Lipinski definition) is 4. The molecule has 0 aromatic carbocycles.